The maximum atomic E-state index is 16.6. The maximum absolute atomic E-state index is 16.6. The van der Waals surface area contributed by atoms with Gasteiger partial charge in [0.1, 0.15) is 29.5 Å². The van der Waals surface area contributed by atoms with Gasteiger partial charge >= 0.3 is 6.01 Å². The number of aromatic hydroxyl groups is 1. The van der Waals surface area contributed by atoms with E-state index in [4.69, 9.17) is 4.74 Å². The molecule has 4 fully saturated rings. The Hall–Kier alpha value is -3.70. The normalized spacial score (nSPS) is 26.0. The van der Waals surface area contributed by atoms with Crippen LogP contribution in [0.4, 0.5) is 23.4 Å². The number of fused-ring (bicyclic) bond motifs is 5. The van der Waals surface area contributed by atoms with Gasteiger partial charge in [0.15, 0.2) is 5.82 Å². The first kappa shape index (κ1) is 28.1. The SMILES string of the molecule is CN(C)C[C@@]1(COc2nc(N3CC4(C)CC[C@H]3CN4)c3cc(F)c(-c4cc(O)cc5ccccc45)c(F)c3n2)CC1(F)F. The van der Waals surface area contributed by atoms with Gasteiger partial charge in [0.2, 0.25) is 0 Å². The van der Waals surface area contributed by atoms with E-state index >= 15 is 8.78 Å². The number of hydrogen-bond donors (Lipinski definition) is 2. The van der Waals surface area contributed by atoms with Crippen molar-refractivity contribution in [3.8, 4) is 22.9 Å². The molecule has 3 saturated heterocycles. The molecular weight excluding hydrogens is 562 g/mol. The zero-order chi connectivity index (χ0) is 30.3. The van der Waals surface area contributed by atoms with Gasteiger partial charge in [0, 0.05) is 43.0 Å². The average molecular weight is 596 g/mol. The highest BCUT2D eigenvalue weighted by atomic mass is 19.3. The van der Waals surface area contributed by atoms with Crippen molar-refractivity contribution < 1.29 is 27.4 Å². The summed E-state index contributed by atoms with van der Waals surface area (Å²) >= 11 is 0. The summed E-state index contributed by atoms with van der Waals surface area (Å²) < 4.78 is 67.5. The van der Waals surface area contributed by atoms with E-state index in [1.807, 2.05) is 4.90 Å². The van der Waals surface area contributed by atoms with Crippen molar-refractivity contribution in [3.05, 3.63) is 54.1 Å². The molecule has 1 unspecified atom stereocenters. The first-order valence-corrected chi connectivity index (χ1v) is 14.5. The van der Waals surface area contributed by atoms with E-state index in [0.717, 1.165) is 12.8 Å². The predicted octanol–water partition coefficient (Wildman–Crippen LogP) is 5.73. The van der Waals surface area contributed by atoms with Gasteiger partial charge in [-0.15, -0.1) is 0 Å². The van der Waals surface area contributed by atoms with Gasteiger partial charge in [-0.25, -0.2) is 17.6 Å². The van der Waals surface area contributed by atoms with E-state index in [2.05, 4.69) is 22.2 Å². The fraction of sp³-hybridized carbons (Fsp3) is 0.438. The van der Waals surface area contributed by atoms with E-state index in [-0.39, 0.29) is 64.9 Å². The number of halogens is 4. The Morgan fingerprint density at radius 3 is 2.56 bits per heavy atom. The standard InChI is InChI=1S/C32H33F4N5O2/c1-30-9-8-19(13-37-30)41(15-30)28-23-12-24(33)25(22-11-20(42)10-18-6-4-5-7-21(18)22)26(34)27(23)38-29(39-28)43-17-31(16-40(2)3)14-32(31,35)36/h4-7,10-12,19,37,42H,8-9,13-17H2,1-3H3/t19-,30?,31+/m0/s1. The third kappa shape index (κ3) is 4.64. The van der Waals surface area contributed by atoms with Crippen molar-refractivity contribution in [2.45, 2.75) is 43.7 Å². The molecule has 11 heteroatoms. The highest BCUT2D eigenvalue weighted by molar-refractivity contribution is 6.01. The zero-order valence-electron chi connectivity index (χ0n) is 24.2. The fourth-order valence-corrected chi connectivity index (χ4v) is 6.95. The van der Waals surface area contributed by atoms with Gasteiger partial charge in [-0.05, 0) is 68.4 Å². The van der Waals surface area contributed by atoms with Gasteiger partial charge in [-0.3, -0.25) is 0 Å². The van der Waals surface area contributed by atoms with Crippen molar-refractivity contribution in [2.75, 3.05) is 45.2 Å². The summed E-state index contributed by atoms with van der Waals surface area (Å²) in [5, 5.41) is 15.3. The number of ether oxygens (including phenoxy) is 1. The summed E-state index contributed by atoms with van der Waals surface area (Å²) in [6, 6.07) is 10.9. The number of nitrogens with zero attached hydrogens (tertiary/aromatic N) is 4. The summed E-state index contributed by atoms with van der Waals surface area (Å²) in [5.74, 6) is -4.49. The molecule has 3 aromatic carbocycles. The van der Waals surface area contributed by atoms with Crippen molar-refractivity contribution >= 4 is 27.5 Å². The van der Waals surface area contributed by atoms with Crippen LogP contribution in [0.1, 0.15) is 26.2 Å². The van der Waals surface area contributed by atoms with Crippen LogP contribution in [0.3, 0.4) is 0 Å². The van der Waals surface area contributed by atoms with Crippen LogP contribution in [0.2, 0.25) is 0 Å². The molecule has 2 bridgehead atoms. The molecule has 7 nitrogen and oxygen atoms in total. The average Bonchev–Trinajstić information content (AvgIpc) is 3.49. The van der Waals surface area contributed by atoms with E-state index in [1.54, 1.807) is 43.3 Å². The molecular formula is C32H33F4N5O2. The summed E-state index contributed by atoms with van der Waals surface area (Å²) in [4.78, 5) is 12.7. The van der Waals surface area contributed by atoms with Crippen molar-refractivity contribution in [2.24, 2.45) is 5.41 Å². The smallest absolute Gasteiger partial charge is 0.319 e. The van der Waals surface area contributed by atoms with Crippen LogP contribution in [-0.4, -0.2) is 77.8 Å². The Morgan fingerprint density at radius 1 is 1.12 bits per heavy atom. The summed E-state index contributed by atoms with van der Waals surface area (Å²) in [7, 11) is 3.44. The molecule has 8 rings (SSSR count). The van der Waals surface area contributed by atoms with Crippen LogP contribution in [0.25, 0.3) is 32.8 Å². The number of alkyl halides is 2. The molecule has 1 aliphatic carbocycles. The number of hydrogen-bond acceptors (Lipinski definition) is 7. The number of piperidine rings is 2. The molecule has 43 heavy (non-hydrogen) atoms. The zero-order valence-corrected chi connectivity index (χ0v) is 24.2. The third-order valence-corrected chi connectivity index (χ3v) is 9.29. The number of benzene rings is 3. The number of rotatable bonds is 7. The lowest BCUT2D eigenvalue weighted by molar-refractivity contribution is 0.0288. The highest BCUT2D eigenvalue weighted by Crippen LogP contribution is 2.60. The second kappa shape index (κ2) is 9.65. The molecule has 2 N–H and O–H groups in total. The lowest BCUT2D eigenvalue weighted by atomic mass is 9.82. The summed E-state index contributed by atoms with van der Waals surface area (Å²) in [6.07, 6.45) is 1.48. The third-order valence-electron chi connectivity index (χ3n) is 9.29. The van der Waals surface area contributed by atoms with Gasteiger partial charge in [-0.1, -0.05) is 24.3 Å². The lowest BCUT2D eigenvalue weighted by Crippen LogP contribution is -2.67. The Balaban J connectivity index is 1.39. The molecule has 4 heterocycles. The minimum atomic E-state index is -2.90. The largest absolute Gasteiger partial charge is 0.508 e. The molecule has 1 aromatic heterocycles. The molecule has 3 atom stereocenters. The van der Waals surface area contributed by atoms with Crippen LogP contribution in [-0.2, 0) is 0 Å². The van der Waals surface area contributed by atoms with Gasteiger partial charge < -0.3 is 25.0 Å². The quantitative estimate of drug-likeness (QED) is 0.265. The Kier molecular flexibility index (Phi) is 6.31. The maximum Gasteiger partial charge on any atom is 0.319 e. The van der Waals surface area contributed by atoms with Crippen molar-refractivity contribution in [3.63, 3.8) is 0 Å². The number of nitrogens with one attached hydrogen (secondary N) is 1. The molecule has 0 amide bonds. The molecule has 4 aliphatic rings. The van der Waals surface area contributed by atoms with Crippen LogP contribution < -0.4 is 15.0 Å². The second-order valence-electron chi connectivity index (χ2n) is 12.9. The monoisotopic (exact) mass is 595 g/mol. The topological polar surface area (TPSA) is 73.8 Å². The van der Waals surface area contributed by atoms with E-state index in [1.165, 1.54) is 18.2 Å². The fourth-order valence-electron chi connectivity index (χ4n) is 6.95. The highest BCUT2D eigenvalue weighted by Gasteiger charge is 2.71. The summed E-state index contributed by atoms with van der Waals surface area (Å²) in [6.45, 7) is 3.08. The Morgan fingerprint density at radius 2 is 1.88 bits per heavy atom. The number of phenolic OH excluding ortho intramolecular Hbond substituents is 1. The van der Waals surface area contributed by atoms with E-state index in [9.17, 15) is 13.9 Å². The first-order chi connectivity index (χ1) is 20.4. The molecule has 4 aromatic rings. The van der Waals surface area contributed by atoms with E-state index in [0.29, 0.717) is 29.7 Å². The second-order valence-corrected chi connectivity index (χ2v) is 12.9. The number of piperazine rings is 1. The van der Waals surface area contributed by atoms with Crippen LogP contribution in [0.15, 0.2) is 42.5 Å². The van der Waals surface area contributed by atoms with Gasteiger partial charge in [0.05, 0.1) is 11.0 Å². The van der Waals surface area contributed by atoms with Crippen LogP contribution in [0.5, 0.6) is 11.8 Å². The minimum absolute atomic E-state index is 0.0291. The minimum Gasteiger partial charge on any atom is -0.508 e. The van der Waals surface area contributed by atoms with Crippen LogP contribution in [0, 0.1) is 17.0 Å². The Labute approximate surface area is 246 Å². The number of anilines is 1. The van der Waals surface area contributed by atoms with Gasteiger partial charge in [-0.2, -0.15) is 9.97 Å². The van der Waals surface area contributed by atoms with E-state index < -0.39 is 23.0 Å². The number of aromatic nitrogens is 2. The van der Waals surface area contributed by atoms with Crippen molar-refractivity contribution in [1.29, 1.82) is 0 Å². The molecule has 3 aliphatic heterocycles. The molecule has 1 saturated carbocycles. The predicted molar refractivity (Wildman–Crippen MR) is 157 cm³/mol. The molecule has 226 valence electrons. The number of phenols is 1. The van der Waals surface area contributed by atoms with Gasteiger partial charge in [0.25, 0.3) is 5.92 Å². The van der Waals surface area contributed by atoms with Crippen LogP contribution >= 0.6 is 0 Å². The first-order valence-electron chi connectivity index (χ1n) is 14.5. The Bertz CT molecular complexity index is 1760. The molecule has 0 spiro atoms. The summed E-state index contributed by atoms with van der Waals surface area (Å²) in [5.41, 5.74) is -1.96. The molecule has 0 radical (unpaired) electrons. The lowest BCUT2D eigenvalue weighted by Gasteiger charge is -2.52. The van der Waals surface area contributed by atoms with Crippen molar-refractivity contribution in [1.82, 2.24) is 20.2 Å².